The number of imidazole rings is 1. The van der Waals surface area contributed by atoms with Gasteiger partial charge in [-0.15, -0.1) is 0 Å². The molecule has 4 aromatic heterocycles. The summed E-state index contributed by atoms with van der Waals surface area (Å²) in [7, 11) is 0. The van der Waals surface area contributed by atoms with Gasteiger partial charge in [-0.05, 0) is 82.7 Å². The number of fused-ring (bicyclic) bond motifs is 7. The summed E-state index contributed by atoms with van der Waals surface area (Å²) in [5.41, 5.74) is 3.49. The number of aryl methyl sites for hydroxylation is 1. The Labute approximate surface area is 418 Å². The number of hydrogen-bond acceptors (Lipinski definition) is 2. The van der Waals surface area contributed by atoms with E-state index in [-0.39, 0.29) is 66.9 Å². The standard InChI is InChI=1S/C62H43N5O/c1-2-42-35-36-63-60(37-42)67-55-32-14-11-27-52(55)61-58(66-53-30-12-9-25-50(53)51-26-10-13-31-54(51)66)39-47(40-59(61)67)68-46-24-17-23-45(38-46)64-41-65(57-34-16-15-33-56(57)64)62-48(43-19-5-3-6-20-43)28-18-29-49(62)44-21-7-4-8-22-44/h3-40H,2H2,1H3/i3D,4D,5D,6D,7D,8D,9D,10D,12D,13D,19D,20D,21D,22D,25D,26D,30D,31D. The molecule has 4 heterocycles. The molecule has 13 aromatic rings. The van der Waals surface area contributed by atoms with Crippen molar-refractivity contribution in [2.75, 3.05) is 0 Å². The molecule has 0 spiro atoms. The monoisotopic (exact) mass is 891 g/mol. The van der Waals surface area contributed by atoms with Crippen LogP contribution in [0.3, 0.4) is 0 Å². The van der Waals surface area contributed by atoms with Crippen molar-refractivity contribution in [2.45, 2.75) is 13.3 Å². The van der Waals surface area contributed by atoms with Crippen LogP contribution in [0, 0.1) is 6.33 Å². The van der Waals surface area contributed by atoms with Crippen molar-refractivity contribution in [3.05, 3.63) is 242 Å². The van der Waals surface area contributed by atoms with Gasteiger partial charge in [0.1, 0.15) is 17.3 Å². The van der Waals surface area contributed by atoms with Crippen LogP contribution in [0.1, 0.15) is 37.2 Å². The predicted octanol–water partition coefficient (Wildman–Crippen LogP) is 15.0. The summed E-state index contributed by atoms with van der Waals surface area (Å²) in [6, 6.07) is 23.3. The van der Waals surface area contributed by atoms with Gasteiger partial charge in [0.25, 0.3) is 6.33 Å². The van der Waals surface area contributed by atoms with E-state index >= 15 is 0 Å². The van der Waals surface area contributed by atoms with Gasteiger partial charge < -0.3 is 9.30 Å². The van der Waals surface area contributed by atoms with Gasteiger partial charge in [-0.2, -0.15) is 0 Å². The molecule has 0 N–H and O–H groups in total. The van der Waals surface area contributed by atoms with Gasteiger partial charge in [-0.1, -0.05) is 170 Å². The molecule has 9 aromatic carbocycles. The van der Waals surface area contributed by atoms with Crippen LogP contribution in [0.2, 0.25) is 0 Å². The third-order valence-electron chi connectivity index (χ3n) is 12.1. The van der Waals surface area contributed by atoms with Crippen molar-refractivity contribution < 1.29 is 34.0 Å². The van der Waals surface area contributed by atoms with Gasteiger partial charge >= 0.3 is 0 Å². The first-order valence-electron chi connectivity index (χ1n) is 30.7. The van der Waals surface area contributed by atoms with E-state index < -0.39 is 109 Å². The Bertz CT molecular complexity index is 4930. The number of ether oxygens (including phenoxy) is 1. The van der Waals surface area contributed by atoms with Crippen LogP contribution in [0.4, 0.5) is 0 Å². The minimum absolute atomic E-state index is 0.0715. The number of pyridine rings is 1. The van der Waals surface area contributed by atoms with Crippen molar-refractivity contribution in [1.29, 1.82) is 0 Å². The number of nitrogens with zero attached hydrogens (tertiary/aromatic N) is 5. The number of aromatic nitrogens is 5. The first-order chi connectivity index (χ1) is 41.2. The molecule has 6 heteroatoms. The van der Waals surface area contributed by atoms with Gasteiger partial charge in [0.15, 0.2) is 0 Å². The molecule has 0 aliphatic carbocycles. The number of benzene rings is 9. The second-order valence-electron chi connectivity index (χ2n) is 15.9. The smallest absolute Gasteiger partial charge is 0.269 e. The lowest BCUT2D eigenvalue weighted by molar-refractivity contribution is -0.571. The molecular formula is C62H43N5O. The lowest BCUT2D eigenvalue weighted by atomic mass is 9.95. The fraction of sp³-hybridized carbons (Fsp3) is 0.0323. The zero-order chi connectivity index (χ0) is 60.8. The van der Waals surface area contributed by atoms with E-state index in [1.165, 1.54) is 22.8 Å². The Morgan fingerprint density at radius 1 is 0.544 bits per heavy atom. The quantitative estimate of drug-likeness (QED) is 0.107. The van der Waals surface area contributed by atoms with Gasteiger partial charge in [-0.3, -0.25) is 13.7 Å². The van der Waals surface area contributed by atoms with Crippen LogP contribution in [0.5, 0.6) is 11.5 Å². The highest BCUT2D eigenvalue weighted by molar-refractivity contribution is 6.16. The molecule has 6 nitrogen and oxygen atoms in total. The Morgan fingerprint density at radius 2 is 1.19 bits per heavy atom. The summed E-state index contributed by atoms with van der Waals surface area (Å²) in [4.78, 5) is 4.83. The minimum Gasteiger partial charge on any atom is -0.458 e. The summed E-state index contributed by atoms with van der Waals surface area (Å²) in [5.74, 6) is 0.979. The Hall–Kier alpha value is -9.00. The van der Waals surface area contributed by atoms with Crippen LogP contribution in [0.15, 0.2) is 230 Å². The molecule has 0 fully saturated rings. The van der Waals surface area contributed by atoms with Crippen LogP contribution in [-0.4, -0.2) is 18.7 Å². The zero-order valence-electron chi connectivity index (χ0n) is 53.9. The average Bonchev–Trinajstić information content (AvgIpc) is 2.19. The predicted molar refractivity (Wildman–Crippen MR) is 277 cm³/mol. The highest BCUT2D eigenvalue weighted by Gasteiger charge is 2.23. The van der Waals surface area contributed by atoms with Crippen molar-refractivity contribution >= 4 is 54.6 Å². The highest BCUT2D eigenvalue weighted by Crippen LogP contribution is 2.43. The lowest BCUT2D eigenvalue weighted by Gasteiger charge is -2.17. The summed E-state index contributed by atoms with van der Waals surface area (Å²) < 4.78 is 174. The lowest BCUT2D eigenvalue weighted by Crippen LogP contribution is -2.31. The third kappa shape index (κ3) is 6.41. The fourth-order valence-electron chi connectivity index (χ4n) is 9.19. The minimum atomic E-state index is -0.624. The van der Waals surface area contributed by atoms with E-state index in [2.05, 4.69) is 6.33 Å². The van der Waals surface area contributed by atoms with E-state index in [0.29, 0.717) is 50.8 Å². The van der Waals surface area contributed by atoms with Crippen LogP contribution in [0.25, 0.3) is 99.8 Å². The maximum atomic E-state index is 9.44. The van der Waals surface area contributed by atoms with E-state index in [4.69, 9.17) is 28.9 Å². The van der Waals surface area contributed by atoms with E-state index in [0.717, 1.165) is 5.56 Å². The van der Waals surface area contributed by atoms with Gasteiger partial charge in [0.05, 0.1) is 74.8 Å². The maximum Gasteiger partial charge on any atom is 0.269 e. The average molecular weight is 892 g/mol. The second-order valence-corrected chi connectivity index (χ2v) is 15.9. The largest absolute Gasteiger partial charge is 0.458 e. The van der Waals surface area contributed by atoms with Gasteiger partial charge in [0.2, 0.25) is 0 Å². The first kappa shape index (κ1) is 25.1. The van der Waals surface area contributed by atoms with E-state index in [1.807, 2.05) is 47.9 Å². The molecule has 0 unspecified atom stereocenters. The van der Waals surface area contributed by atoms with Crippen LogP contribution >= 0.6 is 0 Å². The molecule has 13 rings (SSSR count). The van der Waals surface area contributed by atoms with Crippen molar-refractivity contribution in [3.8, 4) is 56.6 Å². The Balaban J connectivity index is 1.07. The summed E-state index contributed by atoms with van der Waals surface area (Å²) in [6.45, 7) is 2.02. The summed E-state index contributed by atoms with van der Waals surface area (Å²) in [6.07, 6.45) is 5.79. The van der Waals surface area contributed by atoms with Crippen LogP contribution < -0.4 is 9.30 Å². The molecular weight excluding hydrogens is 831 g/mol. The number of para-hydroxylation sites is 6. The normalized spacial score (nSPS) is 15.4. The zero-order valence-corrected chi connectivity index (χ0v) is 35.9. The Kier molecular flexibility index (Phi) is 5.95. The first-order valence-corrected chi connectivity index (χ1v) is 21.7. The van der Waals surface area contributed by atoms with Crippen LogP contribution in [-0.2, 0) is 6.42 Å². The van der Waals surface area contributed by atoms with Crippen molar-refractivity contribution in [2.24, 2.45) is 0 Å². The highest BCUT2D eigenvalue weighted by atomic mass is 16.5. The van der Waals surface area contributed by atoms with E-state index in [9.17, 15) is 5.48 Å². The molecule has 68 heavy (non-hydrogen) atoms. The van der Waals surface area contributed by atoms with E-state index in [1.54, 1.807) is 76.0 Å². The van der Waals surface area contributed by atoms with Crippen molar-refractivity contribution in [1.82, 2.24) is 18.7 Å². The third-order valence-corrected chi connectivity index (χ3v) is 12.1. The SMILES string of the molecule is [2H]c1c([2H])c([2H])c(-c2cccc(-c3c([2H])c([2H])c([2H])c([2H])c3[2H])c2-[n+]2[c-]n(-c3cccc(Oc4cc(-n5c6c([2H])c([2H])c([2H])c([2H])c6c6c([2H])c([2H])c([2H])c([2H])c65)c5c6ccccc6n(-c6cc(CC)ccn6)c5c4)c3)c3ccccc32)c([2H])c1[2H]. The van der Waals surface area contributed by atoms with Gasteiger partial charge in [0, 0.05) is 39.9 Å². The molecule has 0 saturated carbocycles. The molecule has 322 valence electrons. The number of rotatable bonds is 9. The number of hydrogen-bond donors (Lipinski definition) is 0. The Morgan fingerprint density at radius 3 is 1.91 bits per heavy atom. The summed E-state index contributed by atoms with van der Waals surface area (Å²) in [5, 5.41) is 1.01. The molecule has 0 bridgehead atoms. The van der Waals surface area contributed by atoms with Crippen molar-refractivity contribution in [3.63, 3.8) is 0 Å². The van der Waals surface area contributed by atoms with Gasteiger partial charge in [-0.25, -0.2) is 4.98 Å². The molecule has 0 aliphatic rings. The molecule has 0 radical (unpaired) electrons. The summed E-state index contributed by atoms with van der Waals surface area (Å²) >= 11 is 0. The molecule has 0 saturated heterocycles. The topological polar surface area (TPSA) is 40.8 Å². The molecule has 0 atom stereocenters. The fourth-order valence-corrected chi connectivity index (χ4v) is 9.19. The maximum absolute atomic E-state index is 9.44. The second kappa shape index (κ2) is 16.2. The molecule has 0 amide bonds. The molecule has 0 aliphatic heterocycles.